The van der Waals surface area contributed by atoms with E-state index >= 15 is 0 Å². The molecule has 1 fully saturated rings. The zero-order valence-corrected chi connectivity index (χ0v) is 18.8. The molecule has 0 bridgehead atoms. The summed E-state index contributed by atoms with van der Waals surface area (Å²) in [6.07, 6.45) is 1.08. The minimum absolute atomic E-state index is 0.0785. The van der Waals surface area contributed by atoms with Crippen molar-refractivity contribution in [1.29, 1.82) is 0 Å². The molecule has 1 aromatic heterocycles. The van der Waals surface area contributed by atoms with Gasteiger partial charge in [0.15, 0.2) is 5.13 Å². The van der Waals surface area contributed by atoms with Crippen LogP contribution in [0.1, 0.15) is 37.1 Å². The second-order valence-electron chi connectivity index (χ2n) is 8.69. The molecule has 30 heavy (non-hydrogen) atoms. The maximum absolute atomic E-state index is 13.5. The molecule has 0 radical (unpaired) electrons. The molecule has 6 nitrogen and oxygen atoms in total. The van der Waals surface area contributed by atoms with Crippen LogP contribution in [0.25, 0.3) is 0 Å². The van der Waals surface area contributed by atoms with E-state index in [1.165, 1.54) is 5.56 Å². The van der Waals surface area contributed by atoms with E-state index in [0.717, 1.165) is 29.5 Å². The maximum Gasteiger partial charge on any atom is 0.245 e. The average molecular weight is 427 g/mol. The predicted molar refractivity (Wildman–Crippen MR) is 120 cm³/mol. The number of aromatic nitrogens is 1. The van der Waals surface area contributed by atoms with Crippen molar-refractivity contribution in [3.8, 4) is 0 Å². The number of hydrogen-bond donors (Lipinski definition) is 0. The summed E-state index contributed by atoms with van der Waals surface area (Å²) in [5.41, 5.74) is 3.37. The summed E-state index contributed by atoms with van der Waals surface area (Å²) in [5, 5.41) is 3.09. The lowest BCUT2D eigenvalue weighted by Gasteiger charge is -2.41. The Morgan fingerprint density at radius 3 is 2.47 bits per heavy atom. The second-order valence-corrected chi connectivity index (χ2v) is 9.53. The third kappa shape index (κ3) is 4.36. The summed E-state index contributed by atoms with van der Waals surface area (Å²) in [7, 11) is 0. The highest BCUT2D eigenvalue weighted by Crippen LogP contribution is 2.27. The first-order chi connectivity index (χ1) is 14.4. The minimum Gasteiger partial charge on any atom is -0.345 e. The van der Waals surface area contributed by atoms with Crippen LogP contribution in [-0.4, -0.2) is 58.8 Å². The number of anilines is 1. The molecule has 2 aromatic rings. The lowest BCUT2D eigenvalue weighted by molar-refractivity contribution is -0.147. The fourth-order valence-electron chi connectivity index (χ4n) is 4.29. The second kappa shape index (κ2) is 8.76. The number of rotatable bonds is 4. The Balaban J connectivity index is 1.48. The molecule has 1 atom stereocenters. The number of hydrogen-bond acceptors (Lipinski definition) is 5. The Hall–Kier alpha value is -2.41. The van der Waals surface area contributed by atoms with Crippen LogP contribution in [0.4, 0.5) is 5.13 Å². The number of thiazole rings is 1. The van der Waals surface area contributed by atoms with Crippen molar-refractivity contribution in [2.45, 2.75) is 46.2 Å². The molecule has 2 amide bonds. The number of nitrogens with zero attached hydrogens (tertiary/aromatic N) is 4. The normalized spacial score (nSPS) is 19.2. The van der Waals surface area contributed by atoms with E-state index in [1.807, 2.05) is 42.7 Å². The number of carbonyl (C=O) groups is 2. The zero-order valence-electron chi connectivity index (χ0n) is 18.0. The van der Waals surface area contributed by atoms with Gasteiger partial charge in [0.25, 0.3) is 0 Å². The molecule has 1 unspecified atom stereocenters. The Morgan fingerprint density at radius 1 is 1.13 bits per heavy atom. The monoisotopic (exact) mass is 426 g/mol. The first-order valence-corrected chi connectivity index (χ1v) is 11.6. The summed E-state index contributed by atoms with van der Waals surface area (Å²) >= 11 is 1.65. The van der Waals surface area contributed by atoms with Crippen LogP contribution >= 0.6 is 11.3 Å². The van der Waals surface area contributed by atoms with Gasteiger partial charge >= 0.3 is 0 Å². The minimum atomic E-state index is -0.403. The van der Waals surface area contributed by atoms with Gasteiger partial charge in [0, 0.05) is 50.9 Å². The van der Waals surface area contributed by atoms with Crippen LogP contribution < -0.4 is 4.90 Å². The molecule has 0 saturated carbocycles. The molecule has 160 valence electrons. The summed E-state index contributed by atoms with van der Waals surface area (Å²) < 4.78 is 0. The van der Waals surface area contributed by atoms with Crippen molar-refractivity contribution >= 4 is 28.3 Å². The maximum atomic E-state index is 13.5. The lowest BCUT2D eigenvalue weighted by atomic mass is 9.92. The number of amides is 2. The molecule has 0 spiro atoms. The molecule has 4 rings (SSSR count). The van der Waals surface area contributed by atoms with E-state index in [-0.39, 0.29) is 17.7 Å². The van der Waals surface area contributed by atoms with Crippen molar-refractivity contribution in [2.75, 3.05) is 31.1 Å². The van der Waals surface area contributed by atoms with Gasteiger partial charge < -0.3 is 14.7 Å². The summed E-state index contributed by atoms with van der Waals surface area (Å²) in [6.45, 7) is 9.52. The predicted octanol–water partition coefficient (Wildman–Crippen LogP) is 3.10. The van der Waals surface area contributed by atoms with Crippen molar-refractivity contribution < 1.29 is 9.59 Å². The standard InChI is InChI=1S/C23H30N4O2S/c1-16(2)12-21(28)27-14-19-7-5-4-6-18(19)13-20(27)22(29)25-8-10-26(11-9-25)23-24-17(3)15-30-23/h4-7,15-16,20H,8-14H2,1-3H3. The van der Waals surface area contributed by atoms with E-state index in [1.54, 1.807) is 11.3 Å². The zero-order chi connectivity index (χ0) is 21.3. The van der Waals surface area contributed by atoms with Crippen molar-refractivity contribution in [3.05, 3.63) is 46.5 Å². The van der Waals surface area contributed by atoms with E-state index in [0.29, 0.717) is 32.5 Å². The van der Waals surface area contributed by atoms with Crippen LogP contribution in [0.15, 0.2) is 29.6 Å². The number of fused-ring (bicyclic) bond motifs is 1. The van der Waals surface area contributed by atoms with Crippen LogP contribution in [0.5, 0.6) is 0 Å². The van der Waals surface area contributed by atoms with Gasteiger partial charge in [0.1, 0.15) is 6.04 Å². The molecule has 3 heterocycles. The van der Waals surface area contributed by atoms with Gasteiger partial charge in [-0.05, 0) is 24.0 Å². The number of benzene rings is 1. The van der Waals surface area contributed by atoms with Gasteiger partial charge in [-0.1, -0.05) is 38.1 Å². The van der Waals surface area contributed by atoms with E-state index in [9.17, 15) is 9.59 Å². The Kier molecular flexibility index (Phi) is 6.09. The van der Waals surface area contributed by atoms with Gasteiger partial charge in [0.05, 0.1) is 5.69 Å². The number of carbonyl (C=O) groups excluding carboxylic acids is 2. The number of aryl methyl sites for hydroxylation is 1. The smallest absolute Gasteiger partial charge is 0.245 e. The summed E-state index contributed by atoms with van der Waals surface area (Å²) in [6, 6.07) is 7.77. The fourth-order valence-corrected chi connectivity index (χ4v) is 5.14. The van der Waals surface area contributed by atoms with Gasteiger partial charge in [-0.25, -0.2) is 4.98 Å². The highest BCUT2D eigenvalue weighted by Gasteiger charge is 2.37. The molecule has 2 aliphatic rings. The van der Waals surface area contributed by atoms with Crippen molar-refractivity contribution in [2.24, 2.45) is 5.92 Å². The molecular weight excluding hydrogens is 396 g/mol. The summed E-state index contributed by atoms with van der Waals surface area (Å²) in [5.74, 6) is 0.432. The summed E-state index contributed by atoms with van der Waals surface area (Å²) in [4.78, 5) is 37.1. The SMILES string of the molecule is Cc1csc(N2CCN(C(=O)C3Cc4ccccc4CN3C(=O)CC(C)C)CC2)n1. The molecular formula is C23H30N4O2S. The van der Waals surface area contributed by atoms with Crippen molar-refractivity contribution in [1.82, 2.24) is 14.8 Å². The molecule has 1 saturated heterocycles. The topological polar surface area (TPSA) is 56.8 Å². The van der Waals surface area contributed by atoms with E-state index in [4.69, 9.17) is 0 Å². The van der Waals surface area contributed by atoms with Crippen LogP contribution in [-0.2, 0) is 22.6 Å². The largest absolute Gasteiger partial charge is 0.345 e. The molecule has 7 heteroatoms. The molecule has 0 N–H and O–H groups in total. The van der Waals surface area contributed by atoms with Gasteiger partial charge in [0.2, 0.25) is 11.8 Å². The van der Waals surface area contributed by atoms with Crippen molar-refractivity contribution in [3.63, 3.8) is 0 Å². The van der Waals surface area contributed by atoms with Crippen LogP contribution in [0, 0.1) is 12.8 Å². The third-order valence-electron chi connectivity index (χ3n) is 5.91. The first-order valence-electron chi connectivity index (χ1n) is 10.7. The number of piperazine rings is 1. The van der Waals surface area contributed by atoms with Crippen LogP contribution in [0.2, 0.25) is 0 Å². The Bertz CT molecular complexity index is 917. The quantitative estimate of drug-likeness (QED) is 0.754. The molecule has 1 aromatic carbocycles. The van der Waals surface area contributed by atoms with Gasteiger partial charge in [-0.3, -0.25) is 9.59 Å². The first kappa shape index (κ1) is 20.8. The molecule has 0 aliphatic carbocycles. The average Bonchev–Trinajstić information content (AvgIpc) is 3.18. The third-order valence-corrected chi connectivity index (χ3v) is 6.92. The Morgan fingerprint density at radius 2 is 1.83 bits per heavy atom. The molecule has 2 aliphatic heterocycles. The highest BCUT2D eigenvalue weighted by molar-refractivity contribution is 7.13. The highest BCUT2D eigenvalue weighted by atomic mass is 32.1. The fraction of sp³-hybridized carbons (Fsp3) is 0.522. The van der Waals surface area contributed by atoms with Gasteiger partial charge in [-0.2, -0.15) is 0 Å². The lowest BCUT2D eigenvalue weighted by Crippen LogP contribution is -2.57. The van der Waals surface area contributed by atoms with Crippen LogP contribution in [0.3, 0.4) is 0 Å². The van der Waals surface area contributed by atoms with E-state index in [2.05, 4.69) is 27.4 Å². The Labute approximate surface area is 182 Å². The van der Waals surface area contributed by atoms with E-state index < -0.39 is 6.04 Å². The van der Waals surface area contributed by atoms with Gasteiger partial charge in [-0.15, -0.1) is 11.3 Å².